The van der Waals surface area contributed by atoms with Gasteiger partial charge >= 0.3 is 0 Å². The first-order valence-corrected chi connectivity index (χ1v) is 18.9. The molecule has 15 heteroatoms. The zero-order chi connectivity index (χ0) is 35.2. The minimum atomic E-state index is -4.05. The third-order valence-corrected chi connectivity index (χ3v) is 11.5. The number of sulfonamides is 2. The molecular weight excluding hydrogens is 659 g/mol. The maximum Gasteiger partial charge on any atom is 0.280 e. The number of fused-ring (bicyclic) bond motifs is 1. The van der Waals surface area contributed by atoms with E-state index in [4.69, 9.17) is 9.47 Å². The number of benzene rings is 2. The molecule has 3 aromatic rings. The molecule has 264 valence electrons. The van der Waals surface area contributed by atoms with Crippen LogP contribution >= 0.6 is 0 Å². The Labute approximate surface area is 284 Å². The molecule has 4 rings (SSSR count). The number of amides is 1. The zero-order valence-corrected chi connectivity index (χ0v) is 30.0. The number of anilines is 1. The molecule has 4 atom stereocenters. The molecule has 0 bridgehead atoms. The van der Waals surface area contributed by atoms with Crippen molar-refractivity contribution in [2.24, 2.45) is 13.0 Å². The third-order valence-electron chi connectivity index (χ3n) is 8.43. The lowest BCUT2D eigenvalue weighted by molar-refractivity contribution is -0.00833. The Morgan fingerprint density at radius 1 is 1.10 bits per heavy atom. The number of aliphatic hydroxyl groups excluding tert-OH is 1. The Hall–Kier alpha value is -3.50. The van der Waals surface area contributed by atoms with E-state index in [0.29, 0.717) is 19.4 Å². The average molecular weight is 706 g/mol. The highest BCUT2D eigenvalue weighted by molar-refractivity contribution is 7.92. The van der Waals surface area contributed by atoms with Crippen LogP contribution < -0.4 is 9.46 Å². The normalized spacial score (nSPS) is 20.9. The van der Waals surface area contributed by atoms with Crippen molar-refractivity contribution in [1.82, 2.24) is 18.8 Å². The zero-order valence-electron chi connectivity index (χ0n) is 28.4. The van der Waals surface area contributed by atoms with E-state index in [9.17, 15) is 26.7 Å². The summed E-state index contributed by atoms with van der Waals surface area (Å²) >= 11 is 0. The number of aryl methyl sites for hydroxylation is 2. The van der Waals surface area contributed by atoms with Gasteiger partial charge in [-0.3, -0.25) is 9.52 Å². The first-order chi connectivity index (χ1) is 22.6. The van der Waals surface area contributed by atoms with Crippen molar-refractivity contribution in [1.29, 1.82) is 0 Å². The number of ether oxygens (including phenoxy) is 2. The Kier molecular flexibility index (Phi) is 12.3. The SMILES string of the molecule is Cc1ccc(S(=O)(=O)N(C)C[C@@H]2OCCCC[C@@H](C)Oc3ccc(NS(=O)(=O)c4cn(C)cn4)cc3C(=O)N([C@H](C)CO)C[C@H]2C)cc1. The van der Waals surface area contributed by atoms with Crippen LogP contribution in [0.25, 0.3) is 0 Å². The highest BCUT2D eigenvalue weighted by Gasteiger charge is 2.32. The maximum atomic E-state index is 14.3. The van der Waals surface area contributed by atoms with E-state index in [0.717, 1.165) is 12.0 Å². The van der Waals surface area contributed by atoms with Crippen LogP contribution in [0.5, 0.6) is 5.75 Å². The number of carbonyl (C=O) groups is 1. The molecule has 2 heterocycles. The summed E-state index contributed by atoms with van der Waals surface area (Å²) in [6.45, 7) is 7.56. The fraction of sp³-hybridized carbons (Fsp3) is 0.515. The Morgan fingerprint density at radius 3 is 2.46 bits per heavy atom. The number of hydrogen-bond donors (Lipinski definition) is 2. The van der Waals surface area contributed by atoms with Crippen molar-refractivity contribution in [3.05, 3.63) is 66.1 Å². The Morgan fingerprint density at radius 2 is 1.81 bits per heavy atom. The number of carbonyl (C=O) groups excluding carboxylic acids is 1. The van der Waals surface area contributed by atoms with Gasteiger partial charge in [0.1, 0.15) is 5.75 Å². The number of rotatable bonds is 9. The molecule has 0 saturated heterocycles. The van der Waals surface area contributed by atoms with Gasteiger partial charge in [0.25, 0.3) is 15.9 Å². The highest BCUT2D eigenvalue weighted by Crippen LogP contribution is 2.29. The van der Waals surface area contributed by atoms with Gasteiger partial charge in [-0.2, -0.15) is 12.7 Å². The van der Waals surface area contributed by atoms with Crippen molar-refractivity contribution in [3.8, 4) is 5.75 Å². The van der Waals surface area contributed by atoms with Crippen LogP contribution in [0.15, 0.2) is 64.9 Å². The number of nitrogens with zero attached hydrogens (tertiary/aromatic N) is 4. The van der Waals surface area contributed by atoms with Gasteiger partial charge < -0.3 is 24.0 Å². The quantitative estimate of drug-likeness (QED) is 0.339. The summed E-state index contributed by atoms with van der Waals surface area (Å²) in [7, 11) is -4.70. The van der Waals surface area contributed by atoms with E-state index in [1.54, 1.807) is 44.3 Å². The van der Waals surface area contributed by atoms with Gasteiger partial charge in [0, 0.05) is 51.6 Å². The van der Waals surface area contributed by atoms with Gasteiger partial charge in [0.05, 0.1) is 41.6 Å². The lowest BCUT2D eigenvalue weighted by Crippen LogP contribution is -2.48. The summed E-state index contributed by atoms with van der Waals surface area (Å²) in [5.74, 6) is -0.568. The van der Waals surface area contributed by atoms with Gasteiger partial charge in [0.2, 0.25) is 10.0 Å². The van der Waals surface area contributed by atoms with E-state index >= 15 is 0 Å². The molecule has 1 aromatic heterocycles. The topological polar surface area (TPSA) is 160 Å². The van der Waals surface area contributed by atoms with Crippen molar-refractivity contribution in [3.63, 3.8) is 0 Å². The molecule has 13 nitrogen and oxygen atoms in total. The van der Waals surface area contributed by atoms with E-state index < -0.39 is 38.1 Å². The Bertz CT molecular complexity index is 1760. The second kappa shape index (κ2) is 15.8. The second-order valence-corrected chi connectivity index (χ2v) is 16.3. The predicted molar refractivity (Wildman–Crippen MR) is 182 cm³/mol. The summed E-state index contributed by atoms with van der Waals surface area (Å²) in [4.78, 5) is 19.9. The van der Waals surface area contributed by atoms with Crippen LogP contribution in [0.3, 0.4) is 0 Å². The average Bonchev–Trinajstić information content (AvgIpc) is 3.49. The predicted octanol–water partition coefficient (Wildman–Crippen LogP) is 3.65. The van der Waals surface area contributed by atoms with Gasteiger partial charge in [-0.15, -0.1) is 0 Å². The van der Waals surface area contributed by atoms with Crippen LogP contribution in [-0.2, 0) is 31.8 Å². The van der Waals surface area contributed by atoms with Gasteiger partial charge in [-0.05, 0) is 70.4 Å². The van der Waals surface area contributed by atoms with Crippen LogP contribution in [-0.4, -0.2) is 98.2 Å². The van der Waals surface area contributed by atoms with Crippen LogP contribution in [0.2, 0.25) is 0 Å². The van der Waals surface area contributed by atoms with E-state index in [1.165, 1.54) is 45.5 Å². The smallest absolute Gasteiger partial charge is 0.280 e. The molecule has 0 spiro atoms. The standard InChI is InChI=1S/C33H47N5O8S2/c1-23-10-13-28(14-11-23)48(43,44)37(6)19-31-24(2)18-38(25(3)21-39)33(40)29-17-27(35-47(41,42)32-20-36(5)22-34-32)12-15-30(29)46-26(4)9-7-8-16-45-31/h10-15,17,20,22,24-26,31,35,39H,7-9,16,18-19,21H2,1-6H3/t24-,25-,26-,31+/m1/s1. The third kappa shape index (κ3) is 9.14. The Balaban J connectivity index is 1.67. The van der Waals surface area contributed by atoms with Crippen molar-refractivity contribution in [2.45, 2.75) is 75.1 Å². The molecule has 0 aliphatic carbocycles. The minimum Gasteiger partial charge on any atom is -0.490 e. The van der Waals surface area contributed by atoms with Gasteiger partial charge in [-0.1, -0.05) is 24.6 Å². The molecule has 0 saturated carbocycles. The maximum absolute atomic E-state index is 14.3. The molecule has 0 unspecified atom stereocenters. The highest BCUT2D eigenvalue weighted by atomic mass is 32.2. The molecule has 1 amide bonds. The molecule has 0 radical (unpaired) electrons. The number of hydrogen-bond acceptors (Lipinski definition) is 9. The summed E-state index contributed by atoms with van der Waals surface area (Å²) in [6, 6.07) is 10.5. The number of aromatic nitrogens is 2. The first-order valence-electron chi connectivity index (χ1n) is 16.0. The van der Waals surface area contributed by atoms with Crippen LogP contribution in [0, 0.1) is 12.8 Å². The second-order valence-electron chi connectivity index (χ2n) is 12.6. The fourth-order valence-electron chi connectivity index (χ4n) is 5.43. The summed E-state index contributed by atoms with van der Waals surface area (Å²) in [5, 5.41) is 10.0. The molecule has 2 aromatic carbocycles. The molecular formula is C33H47N5O8S2. The van der Waals surface area contributed by atoms with Gasteiger partial charge in [-0.25, -0.2) is 13.4 Å². The van der Waals surface area contributed by atoms with Crippen molar-refractivity contribution in [2.75, 3.05) is 38.1 Å². The summed E-state index contributed by atoms with van der Waals surface area (Å²) < 4.78 is 70.8. The number of aliphatic hydroxyl groups is 1. The number of likely N-dealkylation sites (N-methyl/N-ethyl adjacent to an activating group) is 1. The molecule has 1 aliphatic heterocycles. The minimum absolute atomic E-state index is 0.0441. The summed E-state index contributed by atoms with van der Waals surface area (Å²) in [6.07, 6.45) is 4.01. The number of nitrogens with one attached hydrogen (secondary N) is 1. The fourth-order valence-corrected chi connectivity index (χ4v) is 7.64. The van der Waals surface area contributed by atoms with Crippen molar-refractivity contribution < 1.29 is 36.2 Å². The van der Waals surface area contributed by atoms with Crippen LogP contribution in [0.1, 0.15) is 56.0 Å². The monoisotopic (exact) mass is 705 g/mol. The lowest BCUT2D eigenvalue weighted by Gasteiger charge is -2.35. The van der Waals surface area contributed by atoms with Gasteiger partial charge in [0.15, 0.2) is 5.03 Å². The van der Waals surface area contributed by atoms with E-state index in [2.05, 4.69) is 9.71 Å². The lowest BCUT2D eigenvalue weighted by atomic mass is 10.0. The van der Waals surface area contributed by atoms with E-state index in [-0.39, 0.29) is 58.6 Å². The first kappa shape index (κ1) is 37.3. The van der Waals surface area contributed by atoms with E-state index in [1.807, 2.05) is 20.8 Å². The molecule has 1 aliphatic rings. The van der Waals surface area contributed by atoms with Crippen molar-refractivity contribution >= 4 is 31.6 Å². The largest absolute Gasteiger partial charge is 0.490 e. The van der Waals surface area contributed by atoms with Crippen LogP contribution in [0.4, 0.5) is 5.69 Å². The molecule has 2 N–H and O–H groups in total. The summed E-state index contributed by atoms with van der Waals surface area (Å²) in [5.41, 5.74) is 1.20. The molecule has 0 fully saturated rings. The molecule has 48 heavy (non-hydrogen) atoms. The number of imidazole rings is 1.